The summed E-state index contributed by atoms with van der Waals surface area (Å²) in [4.78, 5) is 0. The highest BCUT2D eigenvalue weighted by molar-refractivity contribution is 7.91. The van der Waals surface area contributed by atoms with Gasteiger partial charge in [0.1, 0.15) is 9.84 Å². The zero-order chi connectivity index (χ0) is 15.4. The van der Waals surface area contributed by atoms with Crippen LogP contribution in [0.2, 0.25) is 5.02 Å². The molecule has 0 bridgehead atoms. The third kappa shape index (κ3) is 5.20. The van der Waals surface area contributed by atoms with Crippen molar-refractivity contribution in [1.82, 2.24) is 0 Å². The topological polar surface area (TPSA) is 46.2 Å². The van der Waals surface area contributed by atoms with Gasteiger partial charge in [0.25, 0.3) is 0 Å². The summed E-state index contributed by atoms with van der Waals surface area (Å²) in [5, 5.41) is 2.78. The fraction of sp³-hybridized carbons (Fsp3) is 0.500. The van der Waals surface area contributed by atoms with E-state index in [1.54, 1.807) is 6.92 Å². The van der Waals surface area contributed by atoms with Gasteiger partial charge in [-0.25, -0.2) is 8.42 Å². The van der Waals surface area contributed by atoms with Gasteiger partial charge < -0.3 is 5.32 Å². The van der Waals surface area contributed by atoms with Crippen molar-refractivity contribution in [3.05, 3.63) is 28.8 Å². The molecule has 0 aromatic heterocycles. The highest BCUT2D eigenvalue weighted by Gasteiger charge is 2.30. The van der Waals surface area contributed by atoms with Crippen LogP contribution in [-0.2, 0) is 16.0 Å². The third-order valence-electron chi connectivity index (χ3n) is 2.68. The molecule has 0 radical (unpaired) electrons. The molecule has 1 N–H and O–H groups in total. The Kier molecular flexibility index (Phi) is 5.70. The summed E-state index contributed by atoms with van der Waals surface area (Å²) < 4.78 is 59.8. The number of anilines is 1. The summed E-state index contributed by atoms with van der Waals surface area (Å²) in [5.74, 6) is 0.114. The monoisotopic (exact) mass is 329 g/mol. The van der Waals surface area contributed by atoms with Crippen LogP contribution in [0.1, 0.15) is 18.9 Å². The summed E-state index contributed by atoms with van der Waals surface area (Å²) >= 11 is 5.75. The van der Waals surface area contributed by atoms with Gasteiger partial charge >= 0.3 is 6.18 Å². The van der Waals surface area contributed by atoms with Crippen molar-refractivity contribution >= 4 is 27.1 Å². The molecular weight excluding hydrogens is 315 g/mol. The average Bonchev–Trinajstić information content (AvgIpc) is 2.35. The lowest BCUT2D eigenvalue weighted by Crippen LogP contribution is -2.13. The molecule has 0 saturated heterocycles. The molecule has 0 aliphatic heterocycles. The van der Waals surface area contributed by atoms with Crippen molar-refractivity contribution in [3.8, 4) is 0 Å². The Labute approximate surface area is 121 Å². The summed E-state index contributed by atoms with van der Waals surface area (Å²) in [6, 6.07) is 3.00. The van der Waals surface area contributed by atoms with Gasteiger partial charge in [-0.3, -0.25) is 0 Å². The number of nitrogens with one attached hydrogen (secondary N) is 1. The first kappa shape index (κ1) is 17.1. The van der Waals surface area contributed by atoms with E-state index in [1.165, 1.54) is 6.07 Å². The largest absolute Gasteiger partial charge is 0.416 e. The lowest BCUT2D eigenvalue weighted by atomic mass is 10.2. The van der Waals surface area contributed by atoms with E-state index in [0.717, 1.165) is 12.1 Å². The molecule has 0 aliphatic carbocycles. The molecule has 1 aromatic carbocycles. The Morgan fingerprint density at radius 2 is 1.95 bits per heavy atom. The lowest BCUT2D eigenvalue weighted by Gasteiger charge is -2.11. The molecule has 3 nitrogen and oxygen atoms in total. The maximum Gasteiger partial charge on any atom is 0.416 e. The van der Waals surface area contributed by atoms with Crippen molar-refractivity contribution in [2.75, 3.05) is 23.4 Å². The zero-order valence-corrected chi connectivity index (χ0v) is 12.4. The van der Waals surface area contributed by atoms with E-state index in [4.69, 9.17) is 11.6 Å². The first-order valence-electron chi connectivity index (χ1n) is 5.97. The van der Waals surface area contributed by atoms with Gasteiger partial charge in [-0.1, -0.05) is 18.5 Å². The molecule has 1 aromatic rings. The first-order valence-corrected chi connectivity index (χ1v) is 8.16. The van der Waals surface area contributed by atoms with E-state index in [2.05, 4.69) is 5.32 Å². The van der Waals surface area contributed by atoms with Crippen LogP contribution in [0.3, 0.4) is 0 Å². The van der Waals surface area contributed by atoms with Crippen LogP contribution in [0.4, 0.5) is 18.9 Å². The van der Waals surface area contributed by atoms with Crippen molar-refractivity contribution in [2.45, 2.75) is 19.5 Å². The summed E-state index contributed by atoms with van der Waals surface area (Å²) in [6.07, 6.45) is -4.06. The molecule has 8 heteroatoms. The van der Waals surface area contributed by atoms with Gasteiger partial charge in [0, 0.05) is 12.3 Å². The maximum absolute atomic E-state index is 12.4. The second kappa shape index (κ2) is 6.67. The van der Waals surface area contributed by atoms with E-state index in [0.29, 0.717) is 18.7 Å². The first-order chi connectivity index (χ1) is 9.15. The molecule has 0 unspecified atom stereocenters. The van der Waals surface area contributed by atoms with E-state index < -0.39 is 21.6 Å². The number of rotatable bonds is 6. The summed E-state index contributed by atoms with van der Waals surface area (Å²) in [6.45, 7) is 1.89. The highest BCUT2D eigenvalue weighted by Crippen LogP contribution is 2.33. The Balaban J connectivity index is 2.58. The Hall–Kier alpha value is -0.950. The van der Waals surface area contributed by atoms with Crippen molar-refractivity contribution in [2.24, 2.45) is 0 Å². The molecule has 0 aliphatic rings. The normalized spacial score (nSPS) is 12.4. The van der Waals surface area contributed by atoms with Crippen LogP contribution in [0.25, 0.3) is 0 Å². The quantitative estimate of drug-likeness (QED) is 0.811. The minimum absolute atomic E-state index is 0.0365. The SMILES string of the molecule is CCS(=O)(=O)CCCNc1ccc(C(F)(F)F)cc1Cl. The van der Waals surface area contributed by atoms with E-state index >= 15 is 0 Å². The van der Waals surface area contributed by atoms with Crippen LogP contribution in [0.15, 0.2) is 18.2 Å². The van der Waals surface area contributed by atoms with Gasteiger partial charge in [0.05, 0.1) is 22.0 Å². The molecule has 0 heterocycles. The van der Waals surface area contributed by atoms with E-state index in [1.807, 2.05) is 0 Å². The highest BCUT2D eigenvalue weighted by atomic mass is 35.5. The van der Waals surface area contributed by atoms with Crippen LogP contribution in [0, 0.1) is 0 Å². The Morgan fingerprint density at radius 1 is 1.30 bits per heavy atom. The van der Waals surface area contributed by atoms with Crippen LogP contribution in [0.5, 0.6) is 0 Å². The second-order valence-electron chi connectivity index (χ2n) is 4.21. The molecule has 114 valence electrons. The van der Waals surface area contributed by atoms with Gasteiger partial charge in [0.15, 0.2) is 0 Å². The van der Waals surface area contributed by atoms with Gasteiger partial charge in [-0.2, -0.15) is 13.2 Å². The minimum Gasteiger partial charge on any atom is -0.384 e. The fourth-order valence-electron chi connectivity index (χ4n) is 1.49. The summed E-state index contributed by atoms with van der Waals surface area (Å²) in [5.41, 5.74) is -0.463. The van der Waals surface area contributed by atoms with Crippen LogP contribution >= 0.6 is 11.6 Å². The lowest BCUT2D eigenvalue weighted by molar-refractivity contribution is -0.137. The Bertz CT molecular complexity index is 558. The molecule has 20 heavy (non-hydrogen) atoms. The molecule has 0 atom stereocenters. The second-order valence-corrected chi connectivity index (χ2v) is 7.09. The van der Waals surface area contributed by atoms with Crippen LogP contribution < -0.4 is 5.32 Å². The number of benzene rings is 1. The number of alkyl halides is 3. The van der Waals surface area contributed by atoms with E-state index in [9.17, 15) is 21.6 Å². The predicted molar refractivity (Wildman–Crippen MR) is 73.9 cm³/mol. The molecule has 0 fully saturated rings. The number of sulfone groups is 1. The van der Waals surface area contributed by atoms with Gasteiger partial charge in [0.2, 0.25) is 0 Å². The molecule has 0 spiro atoms. The Morgan fingerprint density at radius 3 is 2.45 bits per heavy atom. The van der Waals surface area contributed by atoms with E-state index in [-0.39, 0.29) is 16.5 Å². The average molecular weight is 330 g/mol. The van der Waals surface area contributed by atoms with Crippen LogP contribution in [-0.4, -0.2) is 26.5 Å². The standard InChI is InChI=1S/C12H15ClF3NO2S/c1-2-20(18,19)7-3-6-17-11-5-4-9(8-10(11)13)12(14,15)16/h4-5,8,17H,2-3,6-7H2,1H3. The summed E-state index contributed by atoms with van der Waals surface area (Å²) in [7, 11) is -3.03. The maximum atomic E-state index is 12.4. The third-order valence-corrected chi connectivity index (χ3v) is 4.79. The molecule has 1 rings (SSSR count). The molecule has 0 saturated carbocycles. The zero-order valence-electron chi connectivity index (χ0n) is 10.8. The van der Waals surface area contributed by atoms with Crippen molar-refractivity contribution < 1.29 is 21.6 Å². The number of halogens is 4. The van der Waals surface area contributed by atoms with Gasteiger partial charge in [-0.15, -0.1) is 0 Å². The van der Waals surface area contributed by atoms with Gasteiger partial charge in [-0.05, 0) is 24.6 Å². The predicted octanol–water partition coefficient (Wildman–Crippen LogP) is 3.60. The molecule has 0 amide bonds. The number of hydrogen-bond donors (Lipinski definition) is 1. The van der Waals surface area contributed by atoms with Crippen molar-refractivity contribution in [1.29, 1.82) is 0 Å². The van der Waals surface area contributed by atoms with Crippen molar-refractivity contribution in [3.63, 3.8) is 0 Å². The molecular formula is C12H15ClF3NO2S. The minimum atomic E-state index is -4.43. The smallest absolute Gasteiger partial charge is 0.384 e. The fourth-order valence-corrected chi connectivity index (χ4v) is 2.61. The number of hydrogen-bond acceptors (Lipinski definition) is 3.